The van der Waals surface area contributed by atoms with Crippen LogP contribution in [-0.4, -0.2) is 58.0 Å². The molecule has 1 aliphatic carbocycles. The van der Waals surface area contributed by atoms with Crippen molar-refractivity contribution in [1.29, 1.82) is 0 Å². The molecule has 0 saturated heterocycles. The monoisotopic (exact) mass is 456 g/mol. The van der Waals surface area contributed by atoms with Gasteiger partial charge in [-0.05, 0) is 49.9 Å². The van der Waals surface area contributed by atoms with Gasteiger partial charge in [0.1, 0.15) is 0 Å². The van der Waals surface area contributed by atoms with Crippen LogP contribution in [0.5, 0.6) is 0 Å². The standard InChI is InChI=1S/C25H32N2O2S2/c1-5-26(6-2)23(28)30-17-25(18-31-24(29)27(7-3)8-4)21-15-11-9-13-19(21)20-14-10-12-16-22(20)25/h9-16H,5-8,17-18H2,1-4H3. The van der Waals surface area contributed by atoms with E-state index in [2.05, 4.69) is 48.5 Å². The summed E-state index contributed by atoms with van der Waals surface area (Å²) in [6.07, 6.45) is 0. The number of hydrogen-bond acceptors (Lipinski definition) is 4. The van der Waals surface area contributed by atoms with E-state index in [1.807, 2.05) is 37.5 Å². The average Bonchev–Trinajstić information content (AvgIpc) is 3.08. The largest absolute Gasteiger partial charge is 0.334 e. The Bertz CT molecular complexity index is 848. The SMILES string of the molecule is CCN(CC)C(=O)SCC1(CSC(=O)N(CC)CC)c2ccccc2-c2ccccc21. The van der Waals surface area contributed by atoms with Gasteiger partial charge >= 0.3 is 0 Å². The highest BCUT2D eigenvalue weighted by atomic mass is 32.2. The molecule has 0 spiro atoms. The summed E-state index contributed by atoms with van der Waals surface area (Å²) >= 11 is 2.75. The summed E-state index contributed by atoms with van der Waals surface area (Å²) in [5, 5.41) is 0.206. The van der Waals surface area contributed by atoms with Gasteiger partial charge in [0, 0.05) is 43.1 Å². The minimum Gasteiger partial charge on any atom is -0.334 e. The van der Waals surface area contributed by atoms with Gasteiger partial charge in [-0.2, -0.15) is 0 Å². The van der Waals surface area contributed by atoms with Gasteiger partial charge in [0.25, 0.3) is 10.5 Å². The molecule has 4 nitrogen and oxygen atoms in total. The van der Waals surface area contributed by atoms with Crippen molar-refractivity contribution in [3.05, 3.63) is 59.7 Å². The van der Waals surface area contributed by atoms with Crippen LogP contribution < -0.4 is 0 Å². The van der Waals surface area contributed by atoms with Gasteiger partial charge in [0.05, 0.1) is 0 Å². The molecule has 0 bridgehead atoms. The van der Waals surface area contributed by atoms with Gasteiger partial charge in [-0.25, -0.2) is 0 Å². The van der Waals surface area contributed by atoms with E-state index in [4.69, 9.17) is 0 Å². The van der Waals surface area contributed by atoms with Gasteiger partial charge in [0.2, 0.25) is 0 Å². The molecule has 0 radical (unpaired) electrons. The van der Waals surface area contributed by atoms with Crippen molar-refractivity contribution in [2.75, 3.05) is 37.7 Å². The van der Waals surface area contributed by atoms with Crippen LogP contribution in [-0.2, 0) is 5.41 Å². The first-order valence-electron chi connectivity index (χ1n) is 11.0. The van der Waals surface area contributed by atoms with Crippen LogP contribution in [0.1, 0.15) is 38.8 Å². The molecule has 1 aliphatic rings. The predicted octanol–water partition coefficient (Wildman–Crippen LogP) is 6.34. The number of fused-ring (bicyclic) bond motifs is 3. The third kappa shape index (κ3) is 4.65. The third-order valence-corrected chi connectivity index (χ3v) is 8.39. The lowest BCUT2D eigenvalue weighted by Gasteiger charge is -2.32. The highest BCUT2D eigenvalue weighted by Crippen LogP contribution is 2.52. The van der Waals surface area contributed by atoms with E-state index in [-0.39, 0.29) is 15.9 Å². The molecule has 31 heavy (non-hydrogen) atoms. The topological polar surface area (TPSA) is 40.6 Å². The van der Waals surface area contributed by atoms with Gasteiger partial charge in [-0.15, -0.1) is 0 Å². The second-order valence-corrected chi connectivity index (χ2v) is 9.48. The lowest BCUT2D eigenvalue weighted by Crippen LogP contribution is -2.36. The molecule has 0 heterocycles. The molecule has 2 aromatic rings. The van der Waals surface area contributed by atoms with Crippen LogP contribution in [0.3, 0.4) is 0 Å². The molecule has 2 amide bonds. The zero-order chi connectivity index (χ0) is 22.4. The second kappa shape index (κ2) is 10.6. The summed E-state index contributed by atoms with van der Waals surface area (Å²) in [5.41, 5.74) is 4.48. The molecule has 3 rings (SSSR count). The Morgan fingerprint density at radius 2 is 1.03 bits per heavy atom. The van der Waals surface area contributed by atoms with Crippen molar-refractivity contribution in [1.82, 2.24) is 9.80 Å². The van der Waals surface area contributed by atoms with Crippen LogP contribution in [0.2, 0.25) is 0 Å². The highest BCUT2D eigenvalue weighted by Gasteiger charge is 2.44. The van der Waals surface area contributed by atoms with Crippen molar-refractivity contribution >= 4 is 34.0 Å². The van der Waals surface area contributed by atoms with Crippen LogP contribution in [0.15, 0.2) is 48.5 Å². The van der Waals surface area contributed by atoms with E-state index in [9.17, 15) is 9.59 Å². The fourth-order valence-corrected chi connectivity index (χ4v) is 6.86. The molecule has 0 N–H and O–H groups in total. The number of hydrogen-bond donors (Lipinski definition) is 0. The normalized spacial score (nSPS) is 13.4. The molecule has 0 saturated carbocycles. The Morgan fingerprint density at radius 3 is 1.39 bits per heavy atom. The highest BCUT2D eigenvalue weighted by molar-refractivity contribution is 8.14. The molecular weight excluding hydrogens is 424 g/mol. The molecular formula is C25H32N2O2S2. The smallest absolute Gasteiger partial charge is 0.281 e. The van der Waals surface area contributed by atoms with E-state index in [1.54, 1.807) is 0 Å². The van der Waals surface area contributed by atoms with Gasteiger partial charge in [-0.3, -0.25) is 9.59 Å². The quantitative estimate of drug-likeness (QED) is 0.464. The zero-order valence-corrected chi connectivity index (χ0v) is 20.5. The predicted molar refractivity (Wildman–Crippen MR) is 134 cm³/mol. The summed E-state index contributed by atoms with van der Waals surface area (Å²) in [4.78, 5) is 29.5. The van der Waals surface area contributed by atoms with Gasteiger partial charge < -0.3 is 9.80 Å². The molecule has 2 aromatic carbocycles. The lowest BCUT2D eigenvalue weighted by molar-refractivity contribution is 0.228. The van der Waals surface area contributed by atoms with E-state index in [0.29, 0.717) is 37.7 Å². The summed E-state index contributed by atoms with van der Waals surface area (Å²) in [7, 11) is 0. The van der Waals surface area contributed by atoms with E-state index < -0.39 is 0 Å². The first-order chi connectivity index (χ1) is 15.0. The number of rotatable bonds is 8. The maximum absolute atomic E-state index is 12.9. The molecule has 0 aromatic heterocycles. The number of benzene rings is 2. The van der Waals surface area contributed by atoms with Gasteiger partial charge in [0.15, 0.2) is 0 Å². The molecule has 0 unspecified atom stereocenters. The number of thioether (sulfide) groups is 2. The molecule has 166 valence electrons. The van der Waals surface area contributed by atoms with Gasteiger partial charge in [-0.1, -0.05) is 72.1 Å². The van der Waals surface area contributed by atoms with Crippen molar-refractivity contribution in [3.8, 4) is 11.1 Å². The van der Waals surface area contributed by atoms with Crippen LogP contribution in [0.25, 0.3) is 11.1 Å². The Hall–Kier alpha value is -1.92. The summed E-state index contributed by atoms with van der Waals surface area (Å²) < 4.78 is 0. The van der Waals surface area contributed by atoms with Crippen molar-refractivity contribution in [2.24, 2.45) is 0 Å². The van der Waals surface area contributed by atoms with Crippen LogP contribution >= 0.6 is 23.5 Å². The summed E-state index contributed by atoms with van der Waals surface area (Å²) in [5.74, 6) is 1.24. The lowest BCUT2D eigenvalue weighted by atomic mass is 9.82. The fraction of sp³-hybridized carbons (Fsp3) is 0.440. The first-order valence-corrected chi connectivity index (χ1v) is 13.0. The summed E-state index contributed by atoms with van der Waals surface area (Å²) in [6.45, 7) is 10.9. The zero-order valence-electron chi connectivity index (χ0n) is 18.9. The average molecular weight is 457 g/mol. The number of carbonyl (C=O) groups excluding carboxylic acids is 2. The third-order valence-electron chi connectivity index (χ3n) is 6.10. The van der Waals surface area contributed by atoms with Crippen LogP contribution in [0, 0.1) is 0 Å². The van der Waals surface area contributed by atoms with Crippen molar-refractivity contribution < 1.29 is 9.59 Å². The van der Waals surface area contributed by atoms with Crippen LogP contribution in [0.4, 0.5) is 9.59 Å². The van der Waals surface area contributed by atoms with Crippen molar-refractivity contribution in [2.45, 2.75) is 33.1 Å². The minimum atomic E-state index is -0.381. The number of amides is 2. The second-order valence-electron chi connectivity index (χ2n) is 7.63. The van der Waals surface area contributed by atoms with Crippen molar-refractivity contribution in [3.63, 3.8) is 0 Å². The molecule has 0 aliphatic heterocycles. The number of nitrogens with zero attached hydrogens (tertiary/aromatic N) is 2. The molecule has 6 heteroatoms. The van der Waals surface area contributed by atoms with E-state index in [0.717, 1.165) is 0 Å². The minimum absolute atomic E-state index is 0.103. The Balaban J connectivity index is 1.99. The maximum atomic E-state index is 12.9. The van der Waals surface area contributed by atoms with E-state index >= 15 is 0 Å². The first kappa shape index (κ1) is 23.7. The fourth-order valence-electron chi connectivity index (χ4n) is 4.28. The Kier molecular flexibility index (Phi) is 8.11. The maximum Gasteiger partial charge on any atom is 0.281 e. The number of carbonyl (C=O) groups is 2. The molecule has 0 atom stereocenters. The molecule has 0 fully saturated rings. The Labute approximate surface area is 194 Å². The van der Waals surface area contributed by atoms with E-state index in [1.165, 1.54) is 45.8 Å². The summed E-state index contributed by atoms with van der Waals surface area (Å²) in [6, 6.07) is 16.9. The Morgan fingerprint density at radius 1 is 0.677 bits per heavy atom.